The Morgan fingerprint density at radius 1 is 0.800 bits per heavy atom. The Morgan fingerprint density at radius 3 is 2.08 bits per heavy atom. The molecule has 0 aromatic heterocycles. The molecular formula is C19H22O6. The van der Waals surface area contributed by atoms with Crippen molar-refractivity contribution in [3.05, 3.63) is 65.7 Å². The van der Waals surface area contributed by atoms with Crippen molar-refractivity contribution in [2.24, 2.45) is 0 Å². The fraction of sp³-hybridized carbons (Fsp3) is 0.368. The van der Waals surface area contributed by atoms with Crippen LogP contribution in [0.1, 0.15) is 11.1 Å². The van der Waals surface area contributed by atoms with E-state index in [1.165, 1.54) is 5.56 Å². The lowest BCUT2D eigenvalue weighted by atomic mass is 9.99. The average Bonchev–Trinajstić information content (AvgIpc) is 2.64. The number of rotatable bonds is 5. The van der Waals surface area contributed by atoms with E-state index < -0.39 is 37.3 Å². The minimum Gasteiger partial charge on any atom is -0.462 e. The van der Waals surface area contributed by atoms with Gasteiger partial charge in [-0.2, -0.15) is 0 Å². The van der Waals surface area contributed by atoms with Crippen LogP contribution in [0.4, 0.5) is 0 Å². The molecule has 0 amide bonds. The molecular weight excluding hydrogens is 324 g/mol. The Kier molecular flexibility index (Phi) is 5.67. The van der Waals surface area contributed by atoms with Gasteiger partial charge in [-0.1, -0.05) is 42.5 Å². The molecule has 5 atom stereocenters. The molecule has 2 aromatic carbocycles. The summed E-state index contributed by atoms with van der Waals surface area (Å²) in [5.41, 5.74) is 2.30. The summed E-state index contributed by atoms with van der Waals surface area (Å²) in [6.45, 7) is -0.485. The molecule has 1 aliphatic heterocycles. The number of benzene rings is 2. The molecule has 2 aromatic rings. The van der Waals surface area contributed by atoms with Gasteiger partial charge in [-0.3, -0.25) is 0 Å². The van der Waals surface area contributed by atoms with Crippen LogP contribution in [0.15, 0.2) is 54.6 Å². The topological polar surface area (TPSA) is 99.4 Å². The Morgan fingerprint density at radius 2 is 1.44 bits per heavy atom. The van der Waals surface area contributed by atoms with Crippen molar-refractivity contribution < 1.29 is 29.9 Å². The van der Waals surface area contributed by atoms with Crippen LogP contribution in [0, 0.1) is 0 Å². The van der Waals surface area contributed by atoms with Crippen LogP contribution < -0.4 is 4.74 Å². The van der Waals surface area contributed by atoms with Crippen molar-refractivity contribution in [3.8, 4) is 5.75 Å². The van der Waals surface area contributed by atoms with E-state index in [-0.39, 0.29) is 0 Å². The number of ether oxygens (including phenoxy) is 2. The largest absolute Gasteiger partial charge is 0.462 e. The molecule has 1 heterocycles. The van der Waals surface area contributed by atoms with Gasteiger partial charge in [-0.05, 0) is 29.7 Å². The van der Waals surface area contributed by atoms with Gasteiger partial charge in [-0.25, -0.2) is 0 Å². The predicted molar refractivity (Wildman–Crippen MR) is 90.1 cm³/mol. The highest BCUT2D eigenvalue weighted by Gasteiger charge is 2.44. The highest BCUT2D eigenvalue weighted by molar-refractivity contribution is 5.31. The van der Waals surface area contributed by atoms with Crippen molar-refractivity contribution in [2.75, 3.05) is 6.61 Å². The minimum absolute atomic E-state index is 0.459. The quantitative estimate of drug-likeness (QED) is 0.628. The molecule has 0 radical (unpaired) electrons. The molecule has 6 nitrogen and oxygen atoms in total. The lowest BCUT2D eigenvalue weighted by Gasteiger charge is -2.39. The van der Waals surface area contributed by atoms with E-state index in [1.54, 1.807) is 12.1 Å². The van der Waals surface area contributed by atoms with Crippen LogP contribution in [-0.4, -0.2) is 57.7 Å². The smallest absolute Gasteiger partial charge is 0.229 e. The first kappa shape index (κ1) is 17.8. The summed E-state index contributed by atoms with van der Waals surface area (Å²) in [5, 5.41) is 38.7. The van der Waals surface area contributed by atoms with Crippen LogP contribution in [0.5, 0.6) is 5.75 Å². The van der Waals surface area contributed by atoms with E-state index >= 15 is 0 Å². The molecule has 1 saturated heterocycles. The van der Waals surface area contributed by atoms with Gasteiger partial charge in [-0.15, -0.1) is 0 Å². The maximum atomic E-state index is 9.99. The number of aliphatic hydroxyl groups excluding tert-OH is 4. The van der Waals surface area contributed by atoms with E-state index in [1.807, 2.05) is 30.3 Å². The molecule has 0 aliphatic carbocycles. The van der Waals surface area contributed by atoms with Crippen molar-refractivity contribution in [3.63, 3.8) is 0 Å². The van der Waals surface area contributed by atoms with Crippen molar-refractivity contribution in [1.29, 1.82) is 0 Å². The van der Waals surface area contributed by atoms with E-state index in [2.05, 4.69) is 12.1 Å². The van der Waals surface area contributed by atoms with E-state index in [0.29, 0.717) is 5.75 Å². The summed E-state index contributed by atoms with van der Waals surface area (Å²) in [7, 11) is 0. The van der Waals surface area contributed by atoms with Gasteiger partial charge >= 0.3 is 0 Å². The lowest BCUT2D eigenvalue weighted by molar-refractivity contribution is -0.277. The summed E-state index contributed by atoms with van der Waals surface area (Å²) in [5.74, 6) is 0.459. The minimum atomic E-state index is -1.45. The summed E-state index contributed by atoms with van der Waals surface area (Å²) in [6.07, 6.45) is -5.62. The summed E-state index contributed by atoms with van der Waals surface area (Å²) in [4.78, 5) is 0. The predicted octanol–water partition coefficient (Wildman–Crippen LogP) is 0.456. The van der Waals surface area contributed by atoms with Crippen LogP contribution in [0.2, 0.25) is 0 Å². The molecule has 4 N–H and O–H groups in total. The zero-order chi connectivity index (χ0) is 17.8. The van der Waals surface area contributed by atoms with Gasteiger partial charge < -0.3 is 29.9 Å². The monoisotopic (exact) mass is 346 g/mol. The standard InChI is InChI=1S/C19H22O6/c20-11-15-16(21)17(22)18(23)19(25-15)24-14-8-6-13(7-9-14)10-12-4-2-1-3-5-12/h1-9,15-23H,10-11H2/t15-,16-,17+,18-,19+/m1/s1. The average molecular weight is 346 g/mol. The number of hydrogen-bond acceptors (Lipinski definition) is 6. The molecule has 0 unspecified atom stereocenters. The van der Waals surface area contributed by atoms with Gasteiger partial charge in [0.2, 0.25) is 6.29 Å². The van der Waals surface area contributed by atoms with Crippen LogP contribution in [0.3, 0.4) is 0 Å². The molecule has 25 heavy (non-hydrogen) atoms. The maximum absolute atomic E-state index is 9.99. The van der Waals surface area contributed by atoms with E-state index in [0.717, 1.165) is 12.0 Å². The number of aliphatic hydroxyl groups is 4. The number of hydrogen-bond donors (Lipinski definition) is 4. The Hall–Kier alpha value is -1.96. The van der Waals surface area contributed by atoms with Gasteiger partial charge in [0, 0.05) is 0 Å². The van der Waals surface area contributed by atoms with Gasteiger partial charge in [0.25, 0.3) is 0 Å². The van der Waals surface area contributed by atoms with E-state index in [4.69, 9.17) is 9.47 Å². The van der Waals surface area contributed by atoms with Crippen molar-refractivity contribution >= 4 is 0 Å². The molecule has 3 rings (SSSR count). The Balaban J connectivity index is 1.64. The Labute approximate surface area is 145 Å². The molecule has 0 spiro atoms. The zero-order valence-corrected chi connectivity index (χ0v) is 13.6. The fourth-order valence-corrected chi connectivity index (χ4v) is 2.82. The van der Waals surface area contributed by atoms with Crippen LogP contribution in [-0.2, 0) is 11.2 Å². The first-order chi connectivity index (χ1) is 12.1. The first-order valence-electron chi connectivity index (χ1n) is 8.18. The molecule has 6 heteroatoms. The zero-order valence-electron chi connectivity index (χ0n) is 13.6. The molecule has 1 aliphatic rings. The first-order valence-corrected chi connectivity index (χ1v) is 8.18. The normalized spacial score (nSPS) is 29.4. The van der Waals surface area contributed by atoms with E-state index in [9.17, 15) is 20.4 Å². The third kappa shape index (κ3) is 4.18. The van der Waals surface area contributed by atoms with Gasteiger partial charge in [0.15, 0.2) is 0 Å². The Bertz CT molecular complexity index is 657. The lowest BCUT2D eigenvalue weighted by Crippen LogP contribution is -2.60. The second-order valence-electron chi connectivity index (χ2n) is 6.12. The highest BCUT2D eigenvalue weighted by atomic mass is 16.7. The maximum Gasteiger partial charge on any atom is 0.229 e. The van der Waals surface area contributed by atoms with Crippen LogP contribution in [0.25, 0.3) is 0 Å². The van der Waals surface area contributed by atoms with Gasteiger partial charge in [0.05, 0.1) is 6.61 Å². The third-order valence-electron chi connectivity index (χ3n) is 4.28. The second kappa shape index (κ2) is 7.95. The third-order valence-corrected chi connectivity index (χ3v) is 4.28. The molecule has 134 valence electrons. The molecule has 0 saturated carbocycles. The summed E-state index contributed by atoms with van der Waals surface area (Å²) in [6, 6.07) is 17.4. The molecule has 0 bridgehead atoms. The summed E-state index contributed by atoms with van der Waals surface area (Å²) >= 11 is 0. The van der Waals surface area contributed by atoms with Gasteiger partial charge in [0.1, 0.15) is 30.2 Å². The summed E-state index contributed by atoms with van der Waals surface area (Å²) < 4.78 is 10.9. The highest BCUT2D eigenvalue weighted by Crippen LogP contribution is 2.24. The van der Waals surface area contributed by atoms with Crippen molar-refractivity contribution in [1.82, 2.24) is 0 Å². The fourth-order valence-electron chi connectivity index (χ4n) is 2.82. The van der Waals surface area contributed by atoms with Crippen LogP contribution >= 0.6 is 0 Å². The second-order valence-corrected chi connectivity index (χ2v) is 6.12. The SMILES string of the molecule is OC[C@H]1O[C@H](Oc2ccc(Cc3ccccc3)cc2)[C@H](O)[C@@H](O)[C@@H]1O. The van der Waals surface area contributed by atoms with Crippen molar-refractivity contribution in [2.45, 2.75) is 37.1 Å². The molecule has 1 fully saturated rings.